The predicted octanol–water partition coefficient (Wildman–Crippen LogP) is 3.82. The van der Waals surface area contributed by atoms with Gasteiger partial charge in [-0.3, -0.25) is 9.59 Å². The second-order valence-corrected chi connectivity index (χ2v) is 9.22. The normalized spacial score (nSPS) is 20.3. The molecule has 2 atom stereocenters. The van der Waals surface area contributed by atoms with Gasteiger partial charge in [-0.2, -0.15) is 0 Å². The lowest BCUT2D eigenvalue weighted by Crippen LogP contribution is -2.53. The summed E-state index contributed by atoms with van der Waals surface area (Å²) in [5.74, 6) is 0.465. The van der Waals surface area contributed by atoms with Gasteiger partial charge in [0.15, 0.2) is 0 Å². The summed E-state index contributed by atoms with van der Waals surface area (Å²) in [6, 6.07) is 21.1. The van der Waals surface area contributed by atoms with Crippen LogP contribution in [0.2, 0.25) is 0 Å². The first-order valence-corrected chi connectivity index (χ1v) is 12.0. The van der Waals surface area contributed by atoms with E-state index in [1.165, 1.54) is 0 Å². The molecule has 0 bridgehead atoms. The number of benzene rings is 2. The monoisotopic (exact) mass is 465 g/mol. The number of anilines is 1. The molecule has 35 heavy (non-hydrogen) atoms. The van der Waals surface area contributed by atoms with Gasteiger partial charge in [0.05, 0.1) is 12.0 Å². The number of hydrogen-bond donors (Lipinski definition) is 1. The first-order chi connectivity index (χ1) is 17.1. The number of aromatic amines is 1. The van der Waals surface area contributed by atoms with Crippen molar-refractivity contribution in [2.75, 3.05) is 38.1 Å². The molecule has 0 saturated carbocycles. The van der Waals surface area contributed by atoms with Gasteiger partial charge in [-0.25, -0.2) is 4.98 Å². The zero-order valence-corrected chi connectivity index (χ0v) is 19.6. The number of fused-ring (bicyclic) bond motifs is 2. The maximum Gasteiger partial charge on any atom is 0.254 e. The van der Waals surface area contributed by atoms with Crippen LogP contribution in [0, 0.1) is 0 Å². The molecule has 2 aromatic heterocycles. The second kappa shape index (κ2) is 8.58. The van der Waals surface area contributed by atoms with E-state index >= 15 is 0 Å². The molecule has 7 heteroatoms. The van der Waals surface area contributed by atoms with E-state index in [0.717, 1.165) is 40.9 Å². The Labute approximate surface area is 204 Å². The third-order valence-electron chi connectivity index (χ3n) is 7.35. The number of pyridine rings is 1. The van der Waals surface area contributed by atoms with Gasteiger partial charge in [0.25, 0.3) is 5.91 Å². The van der Waals surface area contributed by atoms with Crippen LogP contribution >= 0.6 is 0 Å². The highest BCUT2D eigenvalue weighted by atomic mass is 16.2. The Bertz CT molecular complexity index is 1390. The van der Waals surface area contributed by atoms with Crippen LogP contribution in [0.25, 0.3) is 10.9 Å². The molecular weight excluding hydrogens is 438 g/mol. The summed E-state index contributed by atoms with van der Waals surface area (Å²) in [6.45, 7) is 2.69. The average molecular weight is 466 g/mol. The Morgan fingerprint density at radius 1 is 0.914 bits per heavy atom. The van der Waals surface area contributed by atoms with Gasteiger partial charge in [0, 0.05) is 67.7 Å². The van der Waals surface area contributed by atoms with Gasteiger partial charge in [-0.1, -0.05) is 42.5 Å². The van der Waals surface area contributed by atoms with E-state index in [-0.39, 0.29) is 11.8 Å². The van der Waals surface area contributed by atoms with Crippen molar-refractivity contribution in [3.8, 4) is 0 Å². The molecule has 0 spiro atoms. The Morgan fingerprint density at radius 2 is 1.66 bits per heavy atom. The lowest BCUT2D eigenvalue weighted by molar-refractivity contribution is -0.134. The average Bonchev–Trinajstić information content (AvgIpc) is 3.34. The maximum absolute atomic E-state index is 14.2. The van der Waals surface area contributed by atoms with E-state index in [1.54, 1.807) is 11.1 Å². The number of hydrogen-bond acceptors (Lipinski definition) is 4. The fourth-order valence-corrected chi connectivity index (χ4v) is 5.56. The van der Waals surface area contributed by atoms with Crippen LogP contribution in [0.15, 0.2) is 79.1 Å². The van der Waals surface area contributed by atoms with Crippen LogP contribution in [0.5, 0.6) is 0 Å². The van der Waals surface area contributed by atoms with Crippen LogP contribution < -0.4 is 4.90 Å². The zero-order chi connectivity index (χ0) is 23.9. The van der Waals surface area contributed by atoms with Crippen LogP contribution in [0.1, 0.15) is 33.4 Å². The van der Waals surface area contributed by atoms with Crippen molar-refractivity contribution in [3.05, 3.63) is 95.8 Å². The minimum Gasteiger partial charge on any atom is -0.361 e. The molecular formula is C28H27N5O2. The van der Waals surface area contributed by atoms with Crippen LogP contribution in [-0.2, 0) is 4.79 Å². The molecule has 1 saturated heterocycles. The summed E-state index contributed by atoms with van der Waals surface area (Å²) in [6.07, 6.45) is 3.75. The SMILES string of the molecule is CN1C(=O)c2ccccc2C(C(=O)N2CCN(c3ccccn3)CC2)C1c1c[nH]c2ccccc12. The summed E-state index contributed by atoms with van der Waals surface area (Å²) >= 11 is 0. The summed E-state index contributed by atoms with van der Waals surface area (Å²) in [5, 5.41) is 1.04. The minimum absolute atomic E-state index is 0.0556. The fraction of sp³-hybridized carbons (Fsp3) is 0.250. The molecule has 2 unspecified atom stereocenters. The molecule has 4 aromatic rings. The Hall–Kier alpha value is -4.13. The smallest absolute Gasteiger partial charge is 0.254 e. The van der Waals surface area contributed by atoms with Crippen molar-refractivity contribution in [2.24, 2.45) is 0 Å². The van der Waals surface area contributed by atoms with Crippen molar-refractivity contribution in [2.45, 2.75) is 12.0 Å². The Balaban J connectivity index is 1.37. The molecule has 2 aliphatic rings. The third-order valence-corrected chi connectivity index (χ3v) is 7.35. The number of aromatic nitrogens is 2. The topological polar surface area (TPSA) is 72.5 Å². The van der Waals surface area contributed by atoms with Gasteiger partial charge >= 0.3 is 0 Å². The van der Waals surface area contributed by atoms with E-state index in [0.29, 0.717) is 18.7 Å². The van der Waals surface area contributed by atoms with E-state index < -0.39 is 12.0 Å². The van der Waals surface area contributed by atoms with Crippen molar-refractivity contribution in [1.29, 1.82) is 0 Å². The van der Waals surface area contributed by atoms with Gasteiger partial charge in [0.2, 0.25) is 5.91 Å². The Kier molecular flexibility index (Phi) is 5.25. The fourth-order valence-electron chi connectivity index (χ4n) is 5.56. The molecule has 1 N–H and O–H groups in total. The third kappa shape index (κ3) is 3.55. The number of rotatable bonds is 3. The molecule has 1 fully saturated rings. The molecule has 0 aliphatic carbocycles. The van der Waals surface area contributed by atoms with Gasteiger partial charge in [-0.05, 0) is 29.8 Å². The number of piperazine rings is 1. The van der Waals surface area contributed by atoms with Crippen molar-refractivity contribution in [3.63, 3.8) is 0 Å². The lowest BCUT2D eigenvalue weighted by Gasteiger charge is -2.43. The molecule has 2 aliphatic heterocycles. The largest absolute Gasteiger partial charge is 0.361 e. The highest BCUT2D eigenvalue weighted by Gasteiger charge is 2.45. The van der Waals surface area contributed by atoms with Crippen LogP contribution in [-0.4, -0.2) is 64.8 Å². The highest BCUT2D eigenvalue weighted by molar-refractivity contribution is 6.02. The van der Waals surface area contributed by atoms with Crippen LogP contribution in [0.3, 0.4) is 0 Å². The quantitative estimate of drug-likeness (QED) is 0.499. The number of nitrogens with one attached hydrogen (secondary N) is 1. The number of carbonyl (C=O) groups is 2. The molecule has 4 heterocycles. The van der Waals surface area contributed by atoms with Crippen LogP contribution in [0.4, 0.5) is 5.82 Å². The second-order valence-electron chi connectivity index (χ2n) is 9.22. The van der Waals surface area contributed by atoms with Crippen molar-refractivity contribution in [1.82, 2.24) is 19.8 Å². The summed E-state index contributed by atoms with van der Waals surface area (Å²) < 4.78 is 0. The molecule has 0 radical (unpaired) electrons. The van der Waals surface area contributed by atoms with E-state index in [1.807, 2.05) is 84.9 Å². The zero-order valence-electron chi connectivity index (χ0n) is 19.6. The number of H-pyrrole nitrogens is 1. The standard InChI is InChI=1S/C28H27N5O2/c1-31-26(22-18-30-23-11-5-4-8-19(22)23)25(20-9-2-3-10-21(20)27(31)34)28(35)33-16-14-32(15-17-33)24-12-6-7-13-29-24/h2-13,18,25-26,30H,14-17H2,1H3. The van der Waals surface area contributed by atoms with Gasteiger partial charge in [-0.15, -0.1) is 0 Å². The minimum atomic E-state index is -0.477. The molecule has 2 aromatic carbocycles. The van der Waals surface area contributed by atoms with Crippen molar-refractivity contribution < 1.29 is 9.59 Å². The number of nitrogens with zero attached hydrogens (tertiary/aromatic N) is 4. The number of likely N-dealkylation sites (N-methyl/N-ethyl adjacent to an activating group) is 1. The molecule has 7 nitrogen and oxygen atoms in total. The number of carbonyl (C=O) groups excluding carboxylic acids is 2. The van der Waals surface area contributed by atoms with E-state index in [9.17, 15) is 9.59 Å². The first kappa shape index (κ1) is 21.4. The van der Waals surface area contributed by atoms with Gasteiger partial charge in [0.1, 0.15) is 5.82 Å². The predicted molar refractivity (Wildman–Crippen MR) is 135 cm³/mol. The summed E-state index contributed by atoms with van der Waals surface area (Å²) in [5.41, 5.74) is 3.38. The summed E-state index contributed by atoms with van der Waals surface area (Å²) in [7, 11) is 1.81. The van der Waals surface area contributed by atoms with E-state index in [4.69, 9.17) is 0 Å². The number of amides is 2. The number of para-hydroxylation sites is 1. The van der Waals surface area contributed by atoms with E-state index in [2.05, 4.69) is 14.9 Å². The Morgan fingerprint density at radius 3 is 2.46 bits per heavy atom. The summed E-state index contributed by atoms with van der Waals surface area (Å²) in [4.78, 5) is 41.3. The molecule has 6 rings (SSSR count). The molecule has 176 valence electrons. The molecule has 2 amide bonds. The first-order valence-electron chi connectivity index (χ1n) is 12.0. The van der Waals surface area contributed by atoms with Gasteiger partial charge < -0.3 is 19.7 Å². The highest BCUT2D eigenvalue weighted by Crippen LogP contribution is 2.45. The lowest BCUT2D eigenvalue weighted by atomic mass is 9.79. The van der Waals surface area contributed by atoms with Crippen molar-refractivity contribution >= 4 is 28.5 Å². The maximum atomic E-state index is 14.2.